The predicted octanol–water partition coefficient (Wildman–Crippen LogP) is 10.6. The van der Waals surface area contributed by atoms with Gasteiger partial charge in [0, 0.05) is 21.5 Å². The first kappa shape index (κ1) is 30.6. The minimum Gasteiger partial charge on any atom is -0.456 e. The van der Waals surface area contributed by atoms with E-state index in [1.165, 1.54) is 0 Å². The Kier molecular flexibility index (Phi) is 6.37. The number of fused-ring (bicyclic) bond motifs is 7. The lowest BCUT2D eigenvalue weighted by atomic mass is 9.78. The Labute approximate surface area is 295 Å². The van der Waals surface area contributed by atoms with Crippen molar-refractivity contribution in [3.05, 3.63) is 133 Å². The molecule has 1 saturated heterocycles. The van der Waals surface area contributed by atoms with Crippen LogP contribution in [0, 0.1) is 0 Å². The second-order valence-corrected chi connectivity index (χ2v) is 16.8. The number of nitrogens with zero attached hydrogens (tertiary/aromatic N) is 2. The van der Waals surface area contributed by atoms with Crippen molar-refractivity contribution in [1.29, 1.82) is 0 Å². The van der Waals surface area contributed by atoms with E-state index in [9.17, 15) is 0 Å². The van der Waals surface area contributed by atoms with Crippen LogP contribution in [0.1, 0.15) is 27.7 Å². The van der Waals surface area contributed by atoms with E-state index in [2.05, 4.69) is 64.1 Å². The molecule has 0 spiro atoms. The van der Waals surface area contributed by atoms with Crippen LogP contribution >= 0.6 is 7.44 Å². The topological polar surface area (TPSA) is 68.3 Å². The summed E-state index contributed by atoms with van der Waals surface area (Å²) >= 11 is 0. The highest BCUT2D eigenvalue weighted by Gasteiger charge is 2.53. The Morgan fingerprint density at radius 1 is 0.510 bits per heavy atom. The molecule has 1 unspecified atom stereocenters. The minimum absolute atomic E-state index is 0.516. The van der Waals surface area contributed by atoms with Crippen LogP contribution in [0.15, 0.2) is 142 Å². The maximum Gasteiger partial charge on any atom is 0.494 e. The van der Waals surface area contributed by atoms with E-state index in [1.54, 1.807) is 0 Å². The molecule has 7 nitrogen and oxygen atoms in total. The average Bonchev–Trinajstić information content (AvgIpc) is 3.83. The summed E-state index contributed by atoms with van der Waals surface area (Å²) in [7, 11) is -4.28. The highest BCUT2D eigenvalue weighted by Crippen LogP contribution is 2.70. The van der Waals surface area contributed by atoms with Gasteiger partial charge in [-0.15, -0.1) is 0 Å². The molecule has 10 rings (SSSR count). The minimum atomic E-state index is -3.69. The van der Waals surface area contributed by atoms with Gasteiger partial charge in [-0.25, -0.2) is 0 Å². The first-order valence-electron chi connectivity index (χ1n) is 17.2. The van der Waals surface area contributed by atoms with E-state index in [4.69, 9.17) is 18.1 Å². The first-order chi connectivity index (χ1) is 24.6. The molecule has 9 heteroatoms. The summed E-state index contributed by atoms with van der Waals surface area (Å²) in [5.41, 5.74) is 6.17. The number of hydrogen-bond donors (Lipinski definition) is 0. The van der Waals surface area contributed by atoms with Crippen LogP contribution in [-0.4, -0.2) is 18.3 Å². The lowest BCUT2D eigenvalue weighted by Crippen LogP contribution is -2.41. The average molecular weight is 689 g/mol. The number of hydrogen-bond acceptors (Lipinski definition) is 5. The molecule has 0 bridgehead atoms. The van der Waals surface area contributed by atoms with E-state index < -0.39 is 25.8 Å². The summed E-state index contributed by atoms with van der Waals surface area (Å²) in [6.07, 6.45) is 0. The second kappa shape index (κ2) is 10.6. The molecule has 51 heavy (non-hydrogen) atoms. The lowest BCUT2D eigenvalue weighted by Gasteiger charge is -2.33. The van der Waals surface area contributed by atoms with Crippen molar-refractivity contribution in [1.82, 2.24) is 0 Å². The zero-order valence-electron chi connectivity index (χ0n) is 28.7. The molecule has 250 valence electrons. The monoisotopic (exact) mass is 688 g/mol. The van der Waals surface area contributed by atoms with E-state index in [0.717, 1.165) is 72.1 Å². The second-order valence-electron chi connectivity index (χ2n) is 14.4. The molecule has 0 amide bonds. The molecule has 8 aromatic rings. The van der Waals surface area contributed by atoms with Crippen LogP contribution in [0.25, 0.3) is 43.9 Å². The Morgan fingerprint density at radius 3 is 1.57 bits per heavy atom. The van der Waals surface area contributed by atoms with E-state index in [0.29, 0.717) is 5.30 Å². The molecule has 2 aromatic heterocycles. The highest BCUT2D eigenvalue weighted by atomic mass is 31.2. The van der Waals surface area contributed by atoms with E-state index >= 15 is 4.57 Å². The van der Waals surface area contributed by atoms with Gasteiger partial charge in [0.2, 0.25) is 0 Å². The van der Waals surface area contributed by atoms with E-state index in [-0.39, 0.29) is 0 Å². The van der Waals surface area contributed by atoms with Gasteiger partial charge >= 0.3 is 14.6 Å². The fraction of sp³-hybridized carbons (Fsp3) is 0.143. The highest BCUT2D eigenvalue weighted by molar-refractivity contribution is 7.76. The summed E-state index contributed by atoms with van der Waals surface area (Å²) in [6, 6.07) is 44.1. The van der Waals surface area contributed by atoms with Crippen molar-refractivity contribution in [2.75, 3.05) is 9.34 Å². The van der Waals surface area contributed by atoms with Gasteiger partial charge in [0.1, 0.15) is 22.3 Å². The van der Waals surface area contributed by atoms with Crippen molar-refractivity contribution in [3.8, 4) is 0 Å². The first-order valence-corrected chi connectivity index (χ1v) is 18.8. The largest absolute Gasteiger partial charge is 0.494 e. The van der Waals surface area contributed by atoms with Gasteiger partial charge in [-0.05, 0) is 106 Å². The van der Waals surface area contributed by atoms with Crippen molar-refractivity contribution < 1.29 is 22.7 Å². The lowest BCUT2D eigenvalue weighted by molar-refractivity contribution is 0.00578. The van der Waals surface area contributed by atoms with Gasteiger partial charge in [0.05, 0.1) is 39.3 Å². The van der Waals surface area contributed by atoms with E-state index in [1.807, 2.05) is 106 Å². The van der Waals surface area contributed by atoms with Gasteiger partial charge in [0.25, 0.3) is 0 Å². The normalized spacial score (nSPS) is 19.6. The third-order valence-corrected chi connectivity index (χ3v) is 13.8. The van der Waals surface area contributed by atoms with Crippen LogP contribution in [0.2, 0.25) is 0 Å². The van der Waals surface area contributed by atoms with Gasteiger partial charge in [-0.1, -0.05) is 60.7 Å². The number of furan rings is 2. The predicted molar refractivity (Wildman–Crippen MR) is 208 cm³/mol. The molecule has 0 radical (unpaired) electrons. The van der Waals surface area contributed by atoms with Crippen LogP contribution in [0.4, 0.5) is 22.7 Å². The molecule has 0 aliphatic carbocycles. The summed E-state index contributed by atoms with van der Waals surface area (Å²) in [4.78, 5) is 0. The molecule has 1 atom stereocenters. The van der Waals surface area contributed by atoms with Gasteiger partial charge < -0.3 is 18.1 Å². The smallest absolute Gasteiger partial charge is 0.456 e. The third kappa shape index (κ3) is 4.37. The molecule has 4 heterocycles. The molecule has 0 N–H and O–H groups in total. The molecule has 0 saturated carbocycles. The fourth-order valence-electron chi connectivity index (χ4n) is 7.53. The Balaban J connectivity index is 1.25. The van der Waals surface area contributed by atoms with Gasteiger partial charge in [-0.2, -0.15) is 0 Å². The summed E-state index contributed by atoms with van der Waals surface area (Å²) < 4.78 is 46.1. The summed E-state index contributed by atoms with van der Waals surface area (Å²) in [6.45, 7) is 8.21. The van der Waals surface area contributed by atoms with Crippen molar-refractivity contribution in [2.45, 2.75) is 38.9 Å². The number of rotatable bonds is 4. The Bertz CT molecular complexity index is 2720. The van der Waals surface area contributed by atoms with Crippen LogP contribution in [0.5, 0.6) is 0 Å². The SMILES string of the molecule is CC1(C)OB(c2ccc3c(c2)N(c2ccc4oc5ccccc5c4c2)P(=O)(c2ccccc2)N3c2ccc3oc4ccccc4c3c2)OC1(C)C. The van der Waals surface area contributed by atoms with Crippen LogP contribution < -0.4 is 20.1 Å². The Hall–Kier alpha value is -5.27. The van der Waals surface area contributed by atoms with Crippen molar-refractivity contribution >= 4 is 92.0 Å². The van der Waals surface area contributed by atoms with Crippen LogP contribution in [0.3, 0.4) is 0 Å². The molecule has 6 aromatic carbocycles. The number of para-hydroxylation sites is 2. The van der Waals surface area contributed by atoms with Crippen molar-refractivity contribution in [3.63, 3.8) is 0 Å². The fourth-order valence-corrected chi connectivity index (χ4v) is 10.5. The zero-order valence-corrected chi connectivity index (χ0v) is 29.6. The van der Waals surface area contributed by atoms with Gasteiger partial charge in [0.15, 0.2) is 0 Å². The summed E-state index contributed by atoms with van der Waals surface area (Å²) in [5, 5.41) is 4.63. The van der Waals surface area contributed by atoms with Gasteiger partial charge in [-0.3, -0.25) is 13.9 Å². The third-order valence-electron chi connectivity index (χ3n) is 10.8. The molecule has 2 aliphatic rings. The van der Waals surface area contributed by atoms with Crippen molar-refractivity contribution in [2.24, 2.45) is 0 Å². The maximum atomic E-state index is 16.6. The molecule has 2 aliphatic heterocycles. The number of benzene rings is 6. The standard InChI is InChI=1S/C42H34BN2O5P/c1-41(2)42(3,4)50-43(49-41)27-18-21-35-36(24-27)45(29-20-23-40-34(26-29)32-15-9-11-17-38(32)48-40)51(46,30-12-6-5-7-13-30)44(35)28-19-22-39-33(25-28)31-14-8-10-16-37(31)47-39/h5-26H,1-4H3. The maximum absolute atomic E-state index is 16.6. The zero-order chi connectivity index (χ0) is 34.7. The molecule has 1 fully saturated rings. The molecular weight excluding hydrogens is 654 g/mol. The van der Waals surface area contributed by atoms with Crippen LogP contribution in [-0.2, 0) is 13.9 Å². The summed E-state index contributed by atoms with van der Waals surface area (Å²) in [5.74, 6) is 0. The Morgan fingerprint density at radius 2 is 1.00 bits per heavy atom. The molecular formula is C42H34BN2O5P. The quantitative estimate of drug-likeness (QED) is 0.135. The number of anilines is 4.